The lowest BCUT2D eigenvalue weighted by Crippen LogP contribution is -1.73. The van der Waals surface area contributed by atoms with E-state index in [4.69, 9.17) is 0 Å². The smallest absolute Gasteiger partial charge is 0.0704 e. The van der Waals surface area contributed by atoms with Gasteiger partial charge in [0.15, 0.2) is 0 Å². The third-order valence-electron chi connectivity index (χ3n) is 1.21. The molecule has 1 rings (SSSR count). The van der Waals surface area contributed by atoms with Crippen molar-refractivity contribution in [2.45, 2.75) is 6.92 Å². The zero-order valence-corrected chi connectivity index (χ0v) is 10.1. The summed E-state index contributed by atoms with van der Waals surface area (Å²) in [6.07, 6.45) is 2.18. The Labute approximate surface area is 87.6 Å². The molecule has 60 valence electrons. The van der Waals surface area contributed by atoms with E-state index in [0.29, 0.717) is 0 Å². The second-order valence-corrected chi connectivity index (χ2v) is 5.16. The van der Waals surface area contributed by atoms with E-state index in [1.165, 1.54) is 14.9 Å². The normalized spacial score (nSPS) is 12.1. The number of hydrogen-bond donors (Lipinski definition) is 0. The van der Waals surface area contributed by atoms with Gasteiger partial charge in [-0.15, -0.1) is 11.3 Å². The lowest BCUT2D eigenvalue weighted by atomic mass is 10.2. The van der Waals surface area contributed by atoms with Gasteiger partial charge in [-0.1, -0.05) is 27.6 Å². The molecule has 3 heteroatoms. The lowest BCUT2D eigenvalue weighted by Gasteiger charge is -1.90. The molecule has 0 aromatic carbocycles. The van der Waals surface area contributed by atoms with Crippen LogP contribution < -0.4 is 0 Å². The molecule has 0 aliphatic carbocycles. The lowest BCUT2D eigenvalue weighted by molar-refractivity contribution is 1.46. The number of rotatable bonds is 2. The van der Waals surface area contributed by atoms with Gasteiger partial charge in [0, 0.05) is 5.33 Å². The van der Waals surface area contributed by atoms with E-state index in [1.807, 2.05) is 0 Å². The van der Waals surface area contributed by atoms with E-state index >= 15 is 0 Å². The molecule has 0 fully saturated rings. The van der Waals surface area contributed by atoms with Crippen molar-refractivity contribution in [3.63, 3.8) is 0 Å². The Morgan fingerprint density at radius 2 is 2.45 bits per heavy atom. The van der Waals surface area contributed by atoms with Crippen LogP contribution >= 0.6 is 43.2 Å². The van der Waals surface area contributed by atoms with Crippen LogP contribution in [-0.4, -0.2) is 5.33 Å². The van der Waals surface area contributed by atoms with Gasteiger partial charge >= 0.3 is 0 Å². The molecule has 0 aliphatic rings. The van der Waals surface area contributed by atoms with Crippen molar-refractivity contribution in [3.05, 3.63) is 26.4 Å². The second kappa shape index (κ2) is 4.43. The van der Waals surface area contributed by atoms with Gasteiger partial charge in [0.25, 0.3) is 0 Å². The quantitative estimate of drug-likeness (QED) is 0.713. The predicted octanol–water partition coefficient (Wildman–Crippen LogP) is 4.31. The maximum atomic E-state index is 3.42. The average Bonchev–Trinajstić information content (AvgIpc) is 2.35. The van der Waals surface area contributed by atoms with E-state index in [1.54, 1.807) is 11.3 Å². The molecule has 1 aromatic rings. The van der Waals surface area contributed by atoms with E-state index in [-0.39, 0.29) is 0 Å². The first-order chi connectivity index (χ1) is 5.22. The largest absolute Gasteiger partial charge is 0.136 e. The highest BCUT2D eigenvalue weighted by molar-refractivity contribution is 9.11. The highest BCUT2D eigenvalue weighted by Crippen LogP contribution is 2.22. The number of thiophene rings is 1. The molecule has 0 atom stereocenters. The molecule has 0 radical (unpaired) electrons. The van der Waals surface area contributed by atoms with Crippen molar-refractivity contribution in [2.24, 2.45) is 0 Å². The minimum atomic E-state index is 0.945. The molecule has 0 unspecified atom stereocenters. The molecule has 0 saturated carbocycles. The highest BCUT2D eigenvalue weighted by atomic mass is 79.9. The minimum absolute atomic E-state index is 0.945. The summed E-state index contributed by atoms with van der Waals surface area (Å²) in [5, 5.41) is 3.08. The van der Waals surface area contributed by atoms with Gasteiger partial charge in [0.2, 0.25) is 0 Å². The second-order valence-electron chi connectivity index (χ2n) is 2.31. The fraction of sp³-hybridized carbons (Fsp3) is 0.250. The predicted molar refractivity (Wildman–Crippen MR) is 59.5 cm³/mol. The number of halogens is 2. The first-order valence-corrected chi connectivity index (χ1v) is 5.99. The number of alkyl halides is 1. The summed E-state index contributed by atoms with van der Waals surface area (Å²) >= 11 is 8.54. The first-order valence-electron chi connectivity index (χ1n) is 3.19. The van der Waals surface area contributed by atoms with Crippen LogP contribution in [0.1, 0.15) is 12.5 Å². The summed E-state index contributed by atoms with van der Waals surface area (Å²) in [6, 6.07) is 2.12. The summed E-state index contributed by atoms with van der Waals surface area (Å²) in [5.41, 5.74) is 2.62. The Kier molecular flexibility index (Phi) is 3.82. The van der Waals surface area contributed by atoms with Gasteiger partial charge in [-0.25, -0.2) is 0 Å². The van der Waals surface area contributed by atoms with Crippen molar-refractivity contribution in [3.8, 4) is 0 Å². The van der Waals surface area contributed by atoms with Crippen LogP contribution in [0.3, 0.4) is 0 Å². The molecule has 0 saturated heterocycles. The monoisotopic (exact) mass is 294 g/mol. The van der Waals surface area contributed by atoms with Gasteiger partial charge in [-0.3, -0.25) is 0 Å². The Morgan fingerprint density at radius 3 is 2.91 bits per heavy atom. The van der Waals surface area contributed by atoms with E-state index in [2.05, 4.69) is 56.3 Å². The molecule has 0 spiro atoms. The zero-order chi connectivity index (χ0) is 8.27. The van der Waals surface area contributed by atoms with Gasteiger partial charge < -0.3 is 0 Å². The first kappa shape index (κ1) is 9.49. The molecule has 1 aromatic heterocycles. The molecular formula is C8H8Br2S. The summed E-state index contributed by atoms with van der Waals surface area (Å²) in [7, 11) is 0. The zero-order valence-electron chi connectivity index (χ0n) is 6.10. The third-order valence-corrected chi connectivity index (χ3v) is 3.62. The molecule has 1 heterocycles. The van der Waals surface area contributed by atoms with Crippen LogP contribution in [0.2, 0.25) is 0 Å². The molecule has 0 nitrogen and oxygen atoms in total. The highest BCUT2D eigenvalue weighted by Gasteiger charge is 1.93. The van der Waals surface area contributed by atoms with Gasteiger partial charge in [0.1, 0.15) is 0 Å². The van der Waals surface area contributed by atoms with E-state index < -0.39 is 0 Å². The fourth-order valence-electron chi connectivity index (χ4n) is 0.722. The Hall–Kier alpha value is 0.400. The van der Waals surface area contributed by atoms with Crippen LogP contribution in [0.5, 0.6) is 0 Å². The van der Waals surface area contributed by atoms with Crippen LogP contribution in [-0.2, 0) is 0 Å². The van der Waals surface area contributed by atoms with Gasteiger partial charge in [0.05, 0.1) is 3.79 Å². The Morgan fingerprint density at radius 1 is 1.73 bits per heavy atom. The molecule has 0 aliphatic heterocycles. The maximum absolute atomic E-state index is 3.42. The van der Waals surface area contributed by atoms with E-state index in [9.17, 15) is 0 Å². The minimum Gasteiger partial charge on any atom is -0.136 e. The average molecular weight is 296 g/mol. The third kappa shape index (κ3) is 3.09. The molecule has 0 bridgehead atoms. The topological polar surface area (TPSA) is 0 Å². The van der Waals surface area contributed by atoms with Crippen LogP contribution in [0.4, 0.5) is 0 Å². The van der Waals surface area contributed by atoms with Crippen molar-refractivity contribution >= 4 is 49.3 Å². The number of hydrogen-bond acceptors (Lipinski definition) is 1. The Bertz CT molecular complexity index is 263. The van der Waals surface area contributed by atoms with E-state index in [0.717, 1.165) is 5.33 Å². The molecule has 0 amide bonds. The summed E-state index contributed by atoms with van der Waals surface area (Å²) in [5.74, 6) is 0. The van der Waals surface area contributed by atoms with Crippen LogP contribution in [0, 0.1) is 0 Å². The summed E-state index contributed by atoms with van der Waals surface area (Å²) in [6.45, 7) is 2.11. The summed E-state index contributed by atoms with van der Waals surface area (Å²) < 4.78 is 1.19. The van der Waals surface area contributed by atoms with Crippen molar-refractivity contribution < 1.29 is 0 Å². The Balaban J connectivity index is 2.78. The van der Waals surface area contributed by atoms with Crippen LogP contribution in [0.15, 0.2) is 20.8 Å². The molecular weight excluding hydrogens is 288 g/mol. The standard InChI is InChI=1S/C8H8Br2S/c1-6(4-9)2-7-3-8(10)11-5-7/h2-3,5H,4H2,1H3/b6-2+. The maximum Gasteiger partial charge on any atom is 0.0704 e. The van der Waals surface area contributed by atoms with Crippen molar-refractivity contribution in [1.82, 2.24) is 0 Å². The molecule has 11 heavy (non-hydrogen) atoms. The van der Waals surface area contributed by atoms with Gasteiger partial charge in [-0.2, -0.15) is 0 Å². The van der Waals surface area contributed by atoms with Crippen LogP contribution in [0.25, 0.3) is 6.08 Å². The van der Waals surface area contributed by atoms with Crippen molar-refractivity contribution in [1.29, 1.82) is 0 Å². The fourth-order valence-corrected chi connectivity index (χ4v) is 2.02. The number of allylic oxidation sites excluding steroid dienone is 1. The van der Waals surface area contributed by atoms with Crippen molar-refractivity contribution in [2.75, 3.05) is 5.33 Å². The molecule has 0 N–H and O–H groups in total. The SMILES string of the molecule is C/C(=C\c1csc(Br)c1)CBr. The van der Waals surface area contributed by atoms with Gasteiger partial charge in [-0.05, 0) is 39.9 Å². The summed E-state index contributed by atoms with van der Waals surface area (Å²) in [4.78, 5) is 0.